The molecule has 0 bridgehead atoms. The summed E-state index contributed by atoms with van der Waals surface area (Å²) in [5, 5.41) is 6.36. The Morgan fingerprint density at radius 2 is 1.74 bits per heavy atom. The number of hydrogen-bond acceptors (Lipinski definition) is 4. The van der Waals surface area contributed by atoms with Gasteiger partial charge in [0.1, 0.15) is 18.2 Å². The van der Waals surface area contributed by atoms with E-state index in [1.807, 2.05) is 19.9 Å². The van der Waals surface area contributed by atoms with Crippen LogP contribution >= 0.6 is 0 Å². The van der Waals surface area contributed by atoms with Crippen LogP contribution in [-0.2, 0) is 16.2 Å². The van der Waals surface area contributed by atoms with Gasteiger partial charge < -0.3 is 10.1 Å². The number of hydrogen-bond donors (Lipinski definition) is 2. The highest BCUT2D eigenvalue weighted by atomic mass is 19.1. The first kappa shape index (κ1) is 21.7. The smallest absolute Gasteiger partial charge is 0.329 e. The molecule has 6 nitrogen and oxygen atoms in total. The van der Waals surface area contributed by atoms with Crippen LogP contribution in [0.25, 0.3) is 0 Å². The fourth-order valence-electron chi connectivity index (χ4n) is 2.66. The predicted molar refractivity (Wildman–Crippen MR) is 117 cm³/mol. The lowest BCUT2D eigenvalue weighted by molar-refractivity contribution is -0.136. The van der Waals surface area contributed by atoms with E-state index in [1.165, 1.54) is 18.3 Å². The summed E-state index contributed by atoms with van der Waals surface area (Å²) in [5.74, 6) is -1.39. The first-order valence-corrected chi connectivity index (χ1v) is 9.59. The number of hydrazone groups is 1. The number of carbonyl (C=O) groups excluding carboxylic acids is 2. The first-order valence-electron chi connectivity index (χ1n) is 9.59. The Kier molecular flexibility index (Phi) is 7.11. The van der Waals surface area contributed by atoms with E-state index in [9.17, 15) is 14.0 Å². The Morgan fingerprint density at radius 3 is 2.48 bits per heavy atom. The molecule has 0 spiro atoms. The van der Waals surface area contributed by atoms with Gasteiger partial charge in [0, 0.05) is 5.69 Å². The average molecular weight is 419 g/mol. The van der Waals surface area contributed by atoms with E-state index in [4.69, 9.17) is 4.74 Å². The van der Waals surface area contributed by atoms with E-state index in [0.717, 1.165) is 16.7 Å². The molecular weight excluding hydrogens is 397 g/mol. The van der Waals surface area contributed by atoms with Gasteiger partial charge >= 0.3 is 11.8 Å². The Hall–Kier alpha value is -4.00. The summed E-state index contributed by atoms with van der Waals surface area (Å²) < 4.78 is 18.6. The highest BCUT2D eigenvalue weighted by Crippen LogP contribution is 2.15. The van der Waals surface area contributed by atoms with Crippen molar-refractivity contribution in [3.63, 3.8) is 0 Å². The van der Waals surface area contributed by atoms with E-state index < -0.39 is 11.8 Å². The Morgan fingerprint density at radius 1 is 0.968 bits per heavy atom. The van der Waals surface area contributed by atoms with Gasteiger partial charge in [0.05, 0.1) is 6.21 Å². The van der Waals surface area contributed by atoms with Crippen LogP contribution in [0.2, 0.25) is 0 Å². The van der Waals surface area contributed by atoms with E-state index in [-0.39, 0.29) is 12.4 Å². The van der Waals surface area contributed by atoms with Crippen LogP contribution in [0.15, 0.2) is 71.8 Å². The molecule has 0 aliphatic heterocycles. The van der Waals surface area contributed by atoms with Crippen molar-refractivity contribution in [1.29, 1.82) is 0 Å². The van der Waals surface area contributed by atoms with Crippen LogP contribution < -0.4 is 15.5 Å². The van der Waals surface area contributed by atoms with Crippen molar-refractivity contribution >= 4 is 23.7 Å². The molecule has 0 heterocycles. The molecule has 158 valence electrons. The maximum Gasteiger partial charge on any atom is 0.329 e. The van der Waals surface area contributed by atoms with Crippen LogP contribution in [0.3, 0.4) is 0 Å². The second-order valence-electron chi connectivity index (χ2n) is 6.94. The van der Waals surface area contributed by atoms with Gasteiger partial charge in [-0.3, -0.25) is 9.59 Å². The van der Waals surface area contributed by atoms with Crippen LogP contribution in [0.5, 0.6) is 5.75 Å². The third-order valence-electron chi connectivity index (χ3n) is 4.53. The molecule has 0 saturated carbocycles. The summed E-state index contributed by atoms with van der Waals surface area (Å²) >= 11 is 0. The molecule has 0 saturated heterocycles. The predicted octanol–water partition coefficient (Wildman–Crippen LogP) is 4.11. The minimum atomic E-state index is -0.877. The van der Waals surface area contributed by atoms with E-state index in [0.29, 0.717) is 17.0 Å². The van der Waals surface area contributed by atoms with Gasteiger partial charge in [-0.2, -0.15) is 5.10 Å². The fraction of sp³-hybridized carbons (Fsp3) is 0.125. The maximum atomic E-state index is 13.0. The number of halogens is 1. The monoisotopic (exact) mass is 419 g/mol. The maximum absolute atomic E-state index is 13.0. The molecule has 0 aromatic heterocycles. The second-order valence-corrected chi connectivity index (χ2v) is 6.94. The zero-order chi connectivity index (χ0) is 22.2. The summed E-state index contributed by atoms with van der Waals surface area (Å²) in [7, 11) is 0. The number of ether oxygens (including phenoxy) is 1. The highest BCUT2D eigenvalue weighted by molar-refractivity contribution is 6.39. The lowest BCUT2D eigenvalue weighted by atomic mass is 10.1. The molecule has 0 radical (unpaired) electrons. The molecule has 3 aromatic carbocycles. The normalized spacial score (nSPS) is 10.7. The van der Waals surface area contributed by atoms with Crippen molar-refractivity contribution < 1.29 is 18.7 Å². The number of carbonyl (C=O) groups is 2. The van der Waals surface area contributed by atoms with Crippen LogP contribution in [0, 0.1) is 19.7 Å². The van der Waals surface area contributed by atoms with Crippen molar-refractivity contribution in [3.05, 3.63) is 94.8 Å². The lowest BCUT2D eigenvalue weighted by Crippen LogP contribution is -2.32. The second kappa shape index (κ2) is 10.2. The molecule has 2 N–H and O–H groups in total. The molecule has 7 heteroatoms. The molecule has 3 aromatic rings. The van der Waals surface area contributed by atoms with Crippen LogP contribution in [-0.4, -0.2) is 18.0 Å². The van der Waals surface area contributed by atoms with Gasteiger partial charge in [0.15, 0.2) is 0 Å². The third-order valence-corrected chi connectivity index (χ3v) is 4.53. The van der Waals surface area contributed by atoms with Gasteiger partial charge in [-0.25, -0.2) is 9.82 Å². The molecular formula is C24H22FN3O3. The van der Waals surface area contributed by atoms with Gasteiger partial charge in [-0.05, 0) is 72.5 Å². The number of amides is 2. The van der Waals surface area contributed by atoms with Crippen molar-refractivity contribution in [2.45, 2.75) is 20.5 Å². The van der Waals surface area contributed by atoms with Gasteiger partial charge in [0.2, 0.25) is 0 Å². The average Bonchev–Trinajstić information content (AvgIpc) is 2.76. The van der Waals surface area contributed by atoms with Crippen LogP contribution in [0.4, 0.5) is 10.1 Å². The Balaban J connectivity index is 1.52. The Bertz CT molecular complexity index is 1110. The number of benzene rings is 3. The van der Waals surface area contributed by atoms with Gasteiger partial charge in [-0.1, -0.05) is 30.3 Å². The molecule has 2 amide bonds. The topological polar surface area (TPSA) is 79.8 Å². The van der Waals surface area contributed by atoms with Crippen molar-refractivity contribution in [2.24, 2.45) is 5.10 Å². The lowest BCUT2D eigenvalue weighted by Gasteiger charge is -2.07. The van der Waals surface area contributed by atoms with Crippen molar-refractivity contribution in [1.82, 2.24) is 5.43 Å². The molecule has 0 fully saturated rings. The number of nitrogens with zero attached hydrogens (tertiary/aromatic N) is 1. The zero-order valence-electron chi connectivity index (χ0n) is 17.2. The fourth-order valence-corrected chi connectivity index (χ4v) is 2.66. The van der Waals surface area contributed by atoms with Crippen LogP contribution in [0.1, 0.15) is 22.3 Å². The highest BCUT2D eigenvalue weighted by Gasteiger charge is 2.13. The minimum absolute atomic E-state index is 0.288. The molecule has 3 rings (SSSR count). The summed E-state index contributed by atoms with van der Waals surface area (Å²) in [6.07, 6.45) is 1.41. The Labute approximate surface area is 179 Å². The zero-order valence-corrected chi connectivity index (χ0v) is 17.2. The SMILES string of the molecule is Cc1ccc(NC(=O)C(=O)NN=Cc2cccc(OCc3ccc(F)cc3)c2)cc1C. The molecule has 31 heavy (non-hydrogen) atoms. The van der Waals surface area contributed by atoms with Gasteiger partial charge in [0.25, 0.3) is 0 Å². The summed E-state index contributed by atoms with van der Waals surface area (Å²) in [6, 6.07) is 18.5. The quantitative estimate of drug-likeness (QED) is 0.359. The largest absolute Gasteiger partial charge is 0.489 e. The number of rotatable bonds is 6. The third kappa shape index (κ3) is 6.50. The van der Waals surface area contributed by atoms with Gasteiger partial charge in [-0.15, -0.1) is 0 Å². The van der Waals surface area contributed by atoms with E-state index in [2.05, 4.69) is 15.8 Å². The minimum Gasteiger partial charge on any atom is -0.489 e. The summed E-state index contributed by atoms with van der Waals surface area (Å²) in [5.41, 5.74) is 6.36. The van der Waals surface area contributed by atoms with Crippen molar-refractivity contribution in [2.75, 3.05) is 5.32 Å². The number of nitrogens with one attached hydrogen (secondary N) is 2. The molecule has 0 aliphatic carbocycles. The number of anilines is 1. The standard InChI is InChI=1S/C24H22FN3O3/c1-16-6-11-21(12-17(16)2)27-23(29)24(30)28-26-14-19-4-3-5-22(13-19)31-15-18-7-9-20(25)10-8-18/h3-14H,15H2,1-2H3,(H,27,29)(H,28,30). The summed E-state index contributed by atoms with van der Waals surface area (Å²) in [6.45, 7) is 4.17. The summed E-state index contributed by atoms with van der Waals surface area (Å²) in [4.78, 5) is 24.0. The molecule has 0 unspecified atom stereocenters. The first-order chi connectivity index (χ1) is 14.9. The molecule has 0 aliphatic rings. The number of aryl methyl sites for hydroxylation is 2. The van der Waals surface area contributed by atoms with E-state index >= 15 is 0 Å². The molecule has 0 atom stereocenters. The van der Waals surface area contributed by atoms with Crippen molar-refractivity contribution in [3.8, 4) is 5.75 Å². The van der Waals surface area contributed by atoms with E-state index in [1.54, 1.807) is 48.5 Å².